The Balaban J connectivity index is 0.993. The zero-order valence-corrected chi connectivity index (χ0v) is 37.6. The number of nitrogens with one attached hydrogen (secondary N) is 3. The number of nitrogen functional groups attached to an aromatic ring is 1. The lowest BCUT2D eigenvalue weighted by Crippen LogP contribution is -2.25. The van der Waals surface area contributed by atoms with E-state index in [1.807, 2.05) is 0 Å². The van der Waals surface area contributed by atoms with Crippen molar-refractivity contribution in [3.05, 3.63) is 86.8 Å². The minimum atomic E-state index is -4.48. The van der Waals surface area contributed by atoms with Gasteiger partial charge in [0.25, 0.3) is 21.8 Å². The van der Waals surface area contributed by atoms with E-state index in [4.69, 9.17) is 23.0 Å². The highest BCUT2D eigenvalue weighted by Gasteiger charge is 2.33. The lowest BCUT2D eigenvalue weighted by atomic mass is 10.1. The largest absolute Gasteiger partial charge is 0.382 e. The fraction of sp³-hybridized carbons (Fsp3) is 0.139. The van der Waals surface area contributed by atoms with Crippen LogP contribution < -0.4 is 16.8 Å². The summed E-state index contributed by atoms with van der Waals surface area (Å²) in [6, 6.07) is 10.0. The van der Waals surface area contributed by atoms with Crippen molar-refractivity contribution in [3.8, 4) is 22.3 Å². The zero-order valence-electron chi connectivity index (χ0n) is 34.3. The Hall–Kier alpha value is -8.01. The smallest absolute Gasteiger partial charge is 0.349 e. The molecule has 0 bridgehead atoms. The van der Waals surface area contributed by atoms with E-state index in [0.717, 1.165) is 32.8 Å². The van der Waals surface area contributed by atoms with Crippen LogP contribution in [0.25, 0.3) is 41.5 Å². The van der Waals surface area contributed by atoms with Crippen LogP contribution in [0.4, 0.5) is 28.8 Å². The predicted molar refractivity (Wildman–Crippen MR) is 242 cm³/mol. The van der Waals surface area contributed by atoms with Crippen LogP contribution in [-0.4, -0.2) is 89.6 Å². The van der Waals surface area contributed by atoms with Crippen LogP contribution in [0.15, 0.2) is 71.3 Å². The summed E-state index contributed by atoms with van der Waals surface area (Å²) in [4.78, 5) is 41.5. The molecule has 0 amide bonds. The summed E-state index contributed by atoms with van der Waals surface area (Å²) >= 11 is 3.07. The molecule has 0 fully saturated rings. The van der Waals surface area contributed by atoms with Gasteiger partial charge in [-0.1, -0.05) is 27.7 Å². The molecule has 8 aromatic rings. The van der Waals surface area contributed by atoms with Gasteiger partial charge in [-0.15, -0.1) is 14.6 Å². The highest BCUT2D eigenvalue weighted by atomic mass is 32.2. The van der Waals surface area contributed by atoms with Crippen LogP contribution in [0.2, 0.25) is 0 Å². The highest BCUT2D eigenvalue weighted by molar-refractivity contribution is 7.94. The van der Waals surface area contributed by atoms with Crippen LogP contribution in [0.3, 0.4) is 0 Å². The van der Waals surface area contributed by atoms with E-state index >= 15 is 0 Å². The van der Waals surface area contributed by atoms with Crippen molar-refractivity contribution in [2.45, 2.75) is 43.5 Å². The van der Waals surface area contributed by atoms with Gasteiger partial charge in [-0.3, -0.25) is 20.0 Å². The maximum absolute atomic E-state index is 13.0. The van der Waals surface area contributed by atoms with Crippen LogP contribution in [0.5, 0.6) is 0 Å². The van der Waals surface area contributed by atoms with Crippen molar-refractivity contribution in [2.24, 2.45) is 20.3 Å². The topological polar surface area (TPSA) is 370 Å². The summed E-state index contributed by atoms with van der Waals surface area (Å²) in [5.41, 5.74) is 10.8. The van der Waals surface area contributed by atoms with Crippen LogP contribution in [0.1, 0.15) is 41.4 Å². The number of fused-ring (bicyclic) bond motifs is 2. The quantitative estimate of drug-likeness (QED) is 0.0205. The third-order valence-corrected chi connectivity index (χ3v) is 13.1. The summed E-state index contributed by atoms with van der Waals surface area (Å²) in [7, 11) is -4.48. The first kappa shape index (κ1) is 44.2. The third-order valence-electron chi connectivity index (χ3n) is 9.69. The predicted octanol–water partition coefficient (Wildman–Crippen LogP) is 5.97. The Morgan fingerprint density at radius 1 is 0.985 bits per heavy atom. The van der Waals surface area contributed by atoms with Gasteiger partial charge in [0.2, 0.25) is 10.3 Å². The molecule has 0 saturated heterocycles. The number of H-pyrrole nitrogens is 1. The number of hydrogen-bond donors (Lipinski definition) is 6. The molecule has 6 aromatic heterocycles. The zero-order chi connectivity index (χ0) is 47.5. The molecule has 67 heavy (non-hydrogen) atoms. The normalized spacial score (nSPS) is 14.7. The van der Waals surface area contributed by atoms with Crippen molar-refractivity contribution in [1.82, 2.24) is 54.3 Å². The van der Waals surface area contributed by atoms with Gasteiger partial charge in [0.15, 0.2) is 29.2 Å². The van der Waals surface area contributed by atoms with Crippen molar-refractivity contribution in [1.29, 1.82) is 10.7 Å². The molecule has 0 aliphatic carbocycles. The summed E-state index contributed by atoms with van der Waals surface area (Å²) < 4.78 is 42.4. The number of anilines is 2. The monoisotopic (exact) mass is 978 g/mol. The fourth-order valence-corrected chi connectivity index (χ4v) is 9.59. The van der Waals surface area contributed by atoms with Crippen molar-refractivity contribution >= 4 is 111 Å². The number of thiazole rings is 2. The summed E-state index contributed by atoms with van der Waals surface area (Å²) in [6.07, 6.45) is 0. The minimum Gasteiger partial charge on any atom is -0.382 e. The van der Waals surface area contributed by atoms with E-state index in [2.05, 4.69) is 86.3 Å². The number of rotatable bonds is 12. The lowest BCUT2D eigenvalue weighted by Gasteiger charge is -2.09. The van der Waals surface area contributed by atoms with E-state index < -0.39 is 21.8 Å². The number of aromatic nitrogens is 11. The van der Waals surface area contributed by atoms with E-state index in [1.54, 1.807) is 45.9 Å². The number of aromatic amines is 1. The van der Waals surface area contributed by atoms with Gasteiger partial charge in [-0.2, -0.15) is 58.1 Å². The molecule has 1 unspecified atom stereocenters. The Bertz CT molecular complexity index is 3750. The Morgan fingerprint density at radius 3 is 2.37 bits per heavy atom. The number of nitriles is 1. The van der Waals surface area contributed by atoms with Gasteiger partial charge in [-0.05, 0) is 64.1 Å². The Labute approximate surface area is 386 Å². The maximum atomic E-state index is 13.0. The Kier molecular flexibility index (Phi) is 11.3. The van der Waals surface area contributed by atoms with Crippen molar-refractivity contribution in [3.63, 3.8) is 0 Å². The third kappa shape index (κ3) is 8.08. The SMILES string of the molecule is [C-]#[N+]c1c(C)nn(-c2nc3ccc(S(=O)(=O)O)cc3s2)c1NN=C1C(=N)C(c2nc(-n3nc(C)c(N=Nc4c(C#N)c(C)nn4-c4nc5ccc(SOOO)cc5s4)c3N)nc(=O)[nH]2)N=C1C. The number of nitrogens with zero attached hydrogens (tertiary/aromatic N) is 16. The van der Waals surface area contributed by atoms with E-state index in [9.17, 15) is 23.0 Å². The van der Waals surface area contributed by atoms with Gasteiger partial charge in [-0.25, -0.2) is 24.9 Å². The summed E-state index contributed by atoms with van der Waals surface area (Å²) in [6.45, 7) is 14.2. The van der Waals surface area contributed by atoms with Gasteiger partial charge in [0.05, 0.1) is 72.4 Å². The molecule has 27 nitrogen and oxygen atoms in total. The van der Waals surface area contributed by atoms with Gasteiger partial charge < -0.3 is 11.1 Å². The number of aryl methyl sites for hydroxylation is 3. The number of benzene rings is 2. The molecule has 1 aliphatic heterocycles. The molecule has 31 heteroatoms. The van der Waals surface area contributed by atoms with E-state index in [-0.39, 0.29) is 79.0 Å². The molecular formula is C36H26N20O7S4. The van der Waals surface area contributed by atoms with E-state index in [0.29, 0.717) is 37.1 Å². The second kappa shape index (κ2) is 17.1. The number of hydrogen-bond acceptors (Lipinski definition) is 24. The van der Waals surface area contributed by atoms with Crippen molar-refractivity contribution in [2.75, 3.05) is 11.2 Å². The fourth-order valence-electron chi connectivity index (χ4n) is 6.61. The molecule has 0 radical (unpaired) electrons. The van der Waals surface area contributed by atoms with Gasteiger partial charge in [0.1, 0.15) is 23.2 Å². The minimum absolute atomic E-state index is 0.0466. The van der Waals surface area contributed by atoms with Crippen molar-refractivity contribution < 1.29 is 27.6 Å². The van der Waals surface area contributed by atoms with Gasteiger partial charge >= 0.3 is 5.69 Å². The molecule has 1 aliphatic rings. The molecular weight excluding hydrogens is 953 g/mol. The second-order valence-electron chi connectivity index (χ2n) is 13.9. The number of hydrazone groups is 1. The van der Waals surface area contributed by atoms with Crippen LogP contribution in [0, 0.1) is 44.1 Å². The first-order valence-electron chi connectivity index (χ1n) is 18.7. The first-order valence-corrected chi connectivity index (χ1v) is 22.5. The molecule has 7 N–H and O–H groups in total. The molecule has 0 saturated carbocycles. The Morgan fingerprint density at radius 2 is 1.67 bits per heavy atom. The molecule has 336 valence electrons. The molecule has 0 spiro atoms. The highest BCUT2D eigenvalue weighted by Crippen LogP contribution is 2.38. The van der Waals surface area contributed by atoms with Crippen LogP contribution >= 0.6 is 34.7 Å². The molecule has 7 heterocycles. The average Bonchev–Trinajstić information content (AvgIpc) is 4.14. The number of aliphatic imine (C=N–C) groups is 1. The van der Waals surface area contributed by atoms with Gasteiger partial charge in [0, 0.05) is 4.90 Å². The second-order valence-corrected chi connectivity index (χ2v) is 18.2. The first-order chi connectivity index (χ1) is 32.1. The lowest BCUT2D eigenvalue weighted by molar-refractivity contribution is -0.432. The number of azo groups is 1. The molecule has 2 aromatic carbocycles. The standard InChI is InChI=1S/C36H26N20O7S4/c1-13-19(12-37)31(55(51-13)35-42-20-8-6-17(66-63-62-58)10-22(20)64-35)49-48-26-15(3)52-54(29(26)39)33-44-30(45-34(57)46-33)28-24(38)25(14(2)41-28)47-50-32-27(40-5)16(4)53-56(32)36-43-21-9-7-18(67(59,60)61)11-23(21)65-36/h6-11,28,38,50,58H,39H2,1-4H3,(H,59,60,61)(H,44,45,46,57). The number of nitrogens with two attached hydrogens (primary N) is 1. The summed E-state index contributed by atoms with van der Waals surface area (Å²) in [5, 5.41) is 58.4. The average molecular weight is 979 g/mol. The summed E-state index contributed by atoms with van der Waals surface area (Å²) in [5.74, 6) is -0.377. The van der Waals surface area contributed by atoms with Crippen LogP contribution in [-0.2, 0) is 19.5 Å². The molecule has 9 rings (SSSR count). The maximum Gasteiger partial charge on any atom is 0.349 e. The van der Waals surface area contributed by atoms with E-state index in [1.165, 1.54) is 38.9 Å². The molecule has 1 atom stereocenters.